The number of hydrogen-bond acceptors (Lipinski definition) is 5. The first-order valence-electron chi connectivity index (χ1n) is 11.1. The van der Waals surface area contributed by atoms with E-state index in [0.29, 0.717) is 41.4 Å². The highest BCUT2D eigenvalue weighted by Gasteiger charge is 2.32. The number of aryl methyl sites for hydroxylation is 1. The number of aliphatic hydroxyl groups is 1. The Labute approximate surface area is 200 Å². The zero-order valence-corrected chi connectivity index (χ0v) is 20.0. The van der Waals surface area contributed by atoms with Gasteiger partial charge in [0.15, 0.2) is 0 Å². The topological polar surface area (TPSA) is 122 Å². The highest BCUT2D eigenvalue weighted by molar-refractivity contribution is 6.31. The SMILES string of the molecule is CC(O)c1c(N2CCC[C@@H](NC(=O)O)C2)n(Cc2ccccc2Cl)c2c(=O)n(C)c(=O)n(C)c12. The number of rotatable bonds is 5. The molecule has 182 valence electrons. The van der Waals surface area contributed by atoms with E-state index in [1.165, 1.54) is 11.6 Å². The molecule has 0 aliphatic carbocycles. The van der Waals surface area contributed by atoms with Gasteiger partial charge in [0.25, 0.3) is 5.56 Å². The van der Waals surface area contributed by atoms with Gasteiger partial charge in [0.2, 0.25) is 0 Å². The number of aliphatic hydroxyl groups excluding tert-OH is 1. The van der Waals surface area contributed by atoms with Gasteiger partial charge in [0.1, 0.15) is 11.3 Å². The second-order valence-corrected chi connectivity index (χ2v) is 9.14. The van der Waals surface area contributed by atoms with Crippen molar-refractivity contribution in [3.63, 3.8) is 0 Å². The molecule has 1 fully saturated rings. The summed E-state index contributed by atoms with van der Waals surface area (Å²) >= 11 is 6.45. The lowest BCUT2D eigenvalue weighted by molar-refractivity contribution is 0.187. The van der Waals surface area contributed by atoms with Crippen LogP contribution in [-0.2, 0) is 20.6 Å². The average molecular weight is 490 g/mol. The van der Waals surface area contributed by atoms with E-state index in [4.69, 9.17) is 11.6 Å². The second-order valence-electron chi connectivity index (χ2n) is 8.73. The molecule has 10 nitrogen and oxygen atoms in total. The van der Waals surface area contributed by atoms with Crippen LogP contribution >= 0.6 is 11.6 Å². The van der Waals surface area contributed by atoms with Crippen molar-refractivity contribution in [2.24, 2.45) is 14.1 Å². The van der Waals surface area contributed by atoms with Crippen LogP contribution in [0.15, 0.2) is 33.9 Å². The third-order valence-electron chi connectivity index (χ3n) is 6.41. The monoisotopic (exact) mass is 489 g/mol. The van der Waals surface area contributed by atoms with Crippen LogP contribution in [0, 0.1) is 0 Å². The van der Waals surface area contributed by atoms with Crippen molar-refractivity contribution < 1.29 is 15.0 Å². The maximum absolute atomic E-state index is 13.4. The van der Waals surface area contributed by atoms with Gasteiger partial charge in [-0.1, -0.05) is 29.8 Å². The molecular formula is C23H28ClN5O5. The van der Waals surface area contributed by atoms with Crippen molar-refractivity contribution in [1.82, 2.24) is 19.0 Å². The molecule has 11 heteroatoms. The van der Waals surface area contributed by atoms with E-state index in [1.54, 1.807) is 24.6 Å². The highest BCUT2D eigenvalue weighted by atomic mass is 35.5. The fourth-order valence-corrected chi connectivity index (χ4v) is 5.07. The summed E-state index contributed by atoms with van der Waals surface area (Å²) in [5, 5.41) is 23.1. The van der Waals surface area contributed by atoms with Crippen LogP contribution in [0.4, 0.5) is 10.6 Å². The smallest absolute Gasteiger partial charge is 0.404 e. The first kappa shape index (κ1) is 23.9. The molecule has 1 aliphatic heterocycles. The first-order chi connectivity index (χ1) is 16.1. The second kappa shape index (κ2) is 9.19. The number of halogens is 1. The number of benzene rings is 1. The van der Waals surface area contributed by atoms with Crippen molar-refractivity contribution in [1.29, 1.82) is 0 Å². The number of piperidine rings is 1. The summed E-state index contributed by atoms with van der Waals surface area (Å²) in [6.07, 6.45) is -0.696. The molecule has 34 heavy (non-hydrogen) atoms. The summed E-state index contributed by atoms with van der Waals surface area (Å²) in [6, 6.07) is 6.98. The number of carboxylic acid groups (broad SMARTS) is 1. The fourth-order valence-electron chi connectivity index (χ4n) is 4.87. The summed E-state index contributed by atoms with van der Waals surface area (Å²) < 4.78 is 4.22. The van der Waals surface area contributed by atoms with E-state index < -0.39 is 23.4 Å². The van der Waals surface area contributed by atoms with Gasteiger partial charge < -0.3 is 25.0 Å². The largest absolute Gasteiger partial charge is 0.465 e. The zero-order chi connectivity index (χ0) is 24.7. The molecule has 2 aromatic heterocycles. The van der Waals surface area contributed by atoms with Gasteiger partial charge in [0, 0.05) is 43.8 Å². The standard InChI is InChI=1S/C23H28ClN5O5/c1-13(30)17-18-19(21(31)27(3)23(34)26(18)2)29(11-14-7-4-5-9-16(14)24)20(17)28-10-6-8-15(12-28)25-22(32)33/h4-5,7,9,13,15,25,30H,6,8,10-12H2,1-3H3,(H,32,33)/t13?,15-/m1/s1. The number of nitrogens with one attached hydrogen (secondary N) is 1. The normalized spacial score (nSPS) is 17.2. The quantitative estimate of drug-likeness (QED) is 0.504. The molecule has 3 N–H and O–H groups in total. The van der Waals surface area contributed by atoms with Crippen LogP contribution in [0.5, 0.6) is 0 Å². The van der Waals surface area contributed by atoms with Crippen LogP contribution in [0.3, 0.4) is 0 Å². The number of nitrogens with zero attached hydrogens (tertiary/aromatic N) is 4. The third-order valence-corrected chi connectivity index (χ3v) is 6.78. The molecule has 1 saturated heterocycles. The van der Waals surface area contributed by atoms with E-state index in [2.05, 4.69) is 5.32 Å². The van der Waals surface area contributed by atoms with E-state index in [0.717, 1.165) is 16.6 Å². The van der Waals surface area contributed by atoms with Crippen molar-refractivity contribution >= 4 is 34.5 Å². The Hall–Kier alpha value is -3.24. The molecule has 0 radical (unpaired) electrons. The van der Waals surface area contributed by atoms with E-state index >= 15 is 0 Å². The molecule has 1 amide bonds. The van der Waals surface area contributed by atoms with Crippen LogP contribution < -0.4 is 21.5 Å². The molecule has 3 aromatic rings. The lowest BCUT2D eigenvalue weighted by Crippen LogP contribution is -2.48. The Kier molecular flexibility index (Phi) is 6.46. The molecule has 1 unspecified atom stereocenters. The van der Waals surface area contributed by atoms with Crippen molar-refractivity contribution in [2.75, 3.05) is 18.0 Å². The van der Waals surface area contributed by atoms with Crippen molar-refractivity contribution in [2.45, 2.75) is 38.5 Å². The van der Waals surface area contributed by atoms with E-state index in [9.17, 15) is 24.6 Å². The van der Waals surface area contributed by atoms with Crippen molar-refractivity contribution in [3.05, 3.63) is 61.3 Å². The molecule has 1 aliphatic rings. The fraction of sp³-hybridized carbons (Fsp3) is 0.435. The van der Waals surface area contributed by atoms with Gasteiger partial charge in [-0.05, 0) is 31.4 Å². The maximum Gasteiger partial charge on any atom is 0.404 e. The third kappa shape index (κ3) is 4.07. The molecule has 1 aromatic carbocycles. The van der Waals surface area contributed by atoms with Crippen LogP contribution in [0.2, 0.25) is 5.02 Å². The van der Waals surface area contributed by atoms with Crippen LogP contribution in [0.1, 0.15) is 37.0 Å². The van der Waals surface area contributed by atoms with Gasteiger partial charge >= 0.3 is 11.8 Å². The van der Waals surface area contributed by atoms with Crippen LogP contribution in [0.25, 0.3) is 11.0 Å². The number of carbonyl (C=O) groups is 1. The minimum Gasteiger partial charge on any atom is -0.465 e. The molecular weight excluding hydrogens is 462 g/mol. The molecule has 0 bridgehead atoms. The van der Waals surface area contributed by atoms with E-state index in [1.807, 2.05) is 23.1 Å². The summed E-state index contributed by atoms with van der Waals surface area (Å²) in [7, 11) is 3.00. The van der Waals surface area contributed by atoms with Gasteiger partial charge in [-0.3, -0.25) is 13.9 Å². The Morgan fingerprint density at radius 1 is 1.21 bits per heavy atom. The molecule has 4 rings (SSSR count). The predicted octanol–water partition coefficient (Wildman–Crippen LogP) is 2.03. The summed E-state index contributed by atoms with van der Waals surface area (Å²) in [6.45, 7) is 2.79. The number of amides is 1. The lowest BCUT2D eigenvalue weighted by atomic mass is 10.0. The number of fused-ring (bicyclic) bond motifs is 1. The van der Waals surface area contributed by atoms with E-state index in [-0.39, 0.29) is 18.1 Å². The summed E-state index contributed by atoms with van der Waals surface area (Å²) in [4.78, 5) is 39.4. The first-order valence-corrected chi connectivity index (χ1v) is 11.5. The summed E-state index contributed by atoms with van der Waals surface area (Å²) in [5.41, 5.74) is 0.894. The maximum atomic E-state index is 13.4. The summed E-state index contributed by atoms with van der Waals surface area (Å²) in [5.74, 6) is 0.583. The number of hydrogen-bond donors (Lipinski definition) is 3. The van der Waals surface area contributed by atoms with Gasteiger partial charge in [-0.25, -0.2) is 9.59 Å². The molecule has 2 atom stereocenters. The Morgan fingerprint density at radius 2 is 1.91 bits per heavy atom. The van der Waals surface area contributed by atoms with Gasteiger partial charge in [-0.15, -0.1) is 0 Å². The molecule has 3 heterocycles. The van der Waals surface area contributed by atoms with Crippen molar-refractivity contribution in [3.8, 4) is 0 Å². The molecule has 0 saturated carbocycles. The number of aromatic nitrogens is 3. The van der Waals surface area contributed by atoms with Gasteiger partial charge in [-0.2, -0.15) is 0 Å². The average Bonchev–Trinajstić information content (AvgIpc) is 3.13. The lowest BCUT2D eigenvalue weighted by Gasteiger charge is -2.35. The minimum atomic E-state index is -1.10. The minimum absolute atomic E-state index is 0.235. The Bertz CT molecular complexity index is 1370. The van der Waals surface area contributed by atoms with Gasteiger partial charge in [0.05, 0.1) is 18.2 Å². The Balaban J connectivity index is 2.04. The van der Waals surface area contributed by atoms with Crippen LogP contribution in [-0.4, -0.2) is 49.1 Å². The number of anilines is 1. The predicted molar refractivity (Wildman–Crippen MR) is 130 cm³/mol. The zero-order valence-electron chi connectivity index (χ0n) is 19.3. The highest BCUT2D eigenvalue weighted by Crippen LogP contribution is 2.37. The Morgan fingerprint density at radius 3 is 2.56 bits per heavy atom. The molecule has 0 spiro atoms.